The van der Waals surface area contributed by atoms with Crippen molar-refractivity contribution in [3.05, 3.63) is 36.4 Å². The average Bonchev–Trinajstić information content (AvgIpc) is 2.51. The number of hydrogen-bond donors (Lipinski definition) is 1. The van der Waals surface area contributed by atoms with E-state index in [0.29, 0.717) is 6.61 Å². The van der Waals surface area contributed by atoms with Crippen LogP contribution in [0.5, 0.6) is 5.75 Å². The predicted molar refractivity (Wildman–Crippen MR) is 91.3 cm³/mol. The summed E-state index contributed by atoms with van der Waals surface area (Å²) in [6.07, 6.45) is 3.52. The monoisotopic (exact) mass is 289 g/mol. The zero-order valence-electron chi connectivity index (χ0n) is 13.4. The largest absolute Gasteiger partial charge is 0.492 e. The minimum atomic E-state index is 0.638. The summed E-state index contributed by atoms with van der Waals surface area (Å²) in [6, 6.07) is 6.18. The summed E-state index contributed by atoms with van der Waals surface area (Å²) < 4.78 is 5.80. The van der Waals surface area contributed by atoms with Gasteiger partial charge in [-0.25, -0.2) is 0 Å². The molecule has 21 heavy (non-hydrogen) atoms. The number of rotatable bonds is 9. The topological polar surface area (TPSA) is 50.8 Å². The normalized spacial score (nSPS) is 11.3. The smallest absolute Gasteiger partial charge is 0.143 e. The molecule has 0 amide bonds. The molecule has 0 aliphatic carbocycles. The molecule has 0 spiro atoms. The number of allylic oxidation sites excluding steroid dienone is 1. The van der Waals surface area contributed by atoms with Gasteiger partial charge in [0, 0.05) is 18.7 Å². The van der Waals surface area contributed by atoms with E-state index in [-0.39, 0.29) is 0 Å². The van der Waals surface area contributed by atoms with Gasteiger partial charge in [-0.15, -0.1) is 6.58 Å². The number of nitrogens with two attached hydrogens (primary N) is 1. The average molecular weight is 289 g/mol. The first-order chi connectivity index (χ1) is 10.2. The molecule has 0 aromatic heterocycles. The Kier molecular flexibility index (Phi) is 7.37. The van der Waals surface area contributed by atoms with Crippen LogP contribution in [0, 0.1) is 0 Å². The minimum absolute atomic E-state index is 0.638. The molecule has 2 N–H and O–H groups in total. The van der Waals surface area contributed by atoms with E-state index in [9.17, 15) is 0 Å². The molecule has 0 aliphatic heterocycles. The van der Waals surface area contributed by atoms with Crippen molar-refractivity contribution in [2.24, 2.45) is 10.9 Å². The fourth-order valence-corrected chi connectivity index (χ4v) is 2.31. The van der Waals surface area contributed by atoms with E-state index in [1.54, 1.807) is 0 Å². The van der Waals surface area contributed by atoms with Gasteiger partial charge in [0.25, 0.3) is 0 Å². The summed E-state index contributed by atoms with van der Waals surface area (Å²) in [4.78, 5) is 2.28. The number of hydrazone groups is 1. The van der Waals surface area contributed by atoms with Crippen LogP contribution in [0.2, 0.25) is 0 Å². The summed E-state index contributed by atoms with van der Waals surface area (Å²) in [7, 11) is 0. The lowest BCUT2D eigenvalue weighted by atomic mass is 10.0. The van der Waals surface area contributed by atoms with Crippen molar-refractivity contribution in [1.29, 1.82) is 0 Å². The first kappa shape index (κ1) is 17.1. The van der Waals surface area contributed by atoms with E-state index in [2.05, 4.69) is 42.6 Å². The van der Waals surface area contributed by atoms with Crippen molar-refractivity contribution in [2.45, 2.75) is 33.6 Å². The highest BCUT2D eigenvalue weighted by Gasteiger charge is 2.12. The molecule has 0 saturated carbocycles. The molecule has 1 aromatic rings. The summed E-state index contributed by atoms with van der Waals surface area (Å²) in [5, 5.41) is 3.91. The Morgan fingerprint density at radius 1 is 1.33 bits per heavy atom. The Bertz CT molecular complexity index is 479. The molecule has 0 atom stereocenters. The number of hydrogen-bond acceptors (Lipinski definition) is 4. The van der Waals surface area contributed by atoms with Crippen molar-refractivity contribution >= 4 is 11.4 Å². The van der Waals surface area contributed by atoms with Crippen molar-refractivity contribution in [3.63, 3.8) is 0 Å². The van der Waals surface area contributed by atoms with Crippen LogP contribution < -0.4 is 15.5 Å². The van der Waals surface area contributed by atoms with Gasteiger partial charge in [0.15, 0.2) is 0 Å². The first-order valence-electron chi connectivity index (χ1n) is 7.61. The molecular formula is C17H27N3O. The minimum Gasteiger partial charge on any atom is -0.492 e. The lowest BCUT2D eigenvalue weighted by molar-refractivity contribution is 0.340. The Morgan fingerprint density at radius 2 is 2.05 bits per heavy atom. The van der Waals surface area contributed by atoms with Gasteiger partial charge in [-0.05, 0) is 45.7 Å². The van der Waals surface area contributed by atoms with Crippen LogP contribution >= 0.6 is 0 Å². The highest BCUT2D eigenvalue weighted by atomic mass is 16.5. The molecular weight excluding hydrogens is 262 g/mol. The Balaban J connectivity index is 3.14. The third kappa shape index (κ3) is 4.52. The predicted octanol–water partition coefficient (Wildman–Crippen LogP) is 3.56. The van der Waals surface area contributed by atoms with Crippen LogP contribution in [-0.4, -0.2) is 25.4 Å². The molecule has 0 radical (unpaired) electrons. The molecule has 116 valence electrons. The van der Waals surface area contributed by atoms with Crippen molar-refractivity contribution in [2.75, 3.05) is 24.6 Å². The Labute approximate surface area is 128 Å². The number of ether oxygens (including phenoxy) is 1. The van der Waals surface area contributed by atoms with E-state index >= 15 is 0 Å². The van der Waals surface area contributed by atoms with E-state index in [1.807, 2.05) is 19.1 Å². The number of benzene rings is 1. The summed E-state index contributed by atoms with van der Waals surface area (Å²) in [5.74, 6) is 6.41. The van der Waals surface area contributed by atoms with Crippen LogP contribution in [0.25, 0.3) is 0 Å². The zero-order valence-corrected chi connectivity index (χ0v) is 13.4. The molecule has 4 heteroatoms. The lowest BCUT2D eigenvalue weighted by Gasteiger charge is -2.24. The second-order valence-corrected chi connectivity index (χ2v) is 4.69. The van der Waals surface area contributed by atoms with E-state index in [1.165, 1.54) is 0 Å². The van der Waals surface area contributed by atoms with Gasteiger partial charge >= 0.3 is 0 Å². The van der Waals surface area contributed by atoms with Crippen LogP contribution in [0.15, 0.2) is 36.0 Å². The van der Waals surface area contributed by atoms with Gasteiger partial charge < -0.3 is 15.5 Å². The summed E-state index contributed by atoms with van der Waals surface area (Å²) >= 11 is 0. The quantitative estimate of drug-likeness (QED) is 0.327. The van der Waals surface area contributed by atoms with Gasteiger partial charge in [0.1, 0.15) is 5.75 Å². The highest BCUT2D eigenvalue weighted by molar-refractivity contribution is 6.01. The van der Waals surface area contributed by atoms with E-state index < -0.39 is 0 Å². The molecule has 0 saturated heterocycles. The Hall–Kier alpha value is -1.97. The van der Waals surface area contributed by atoms with Crippen LogP contribution in [-0.2, 0) is 0 Å². The van der Waals surface area contributed by atoms with E-state index in [0.717, 1.165) is 48.6 Å². The Morgan fingerprint density at radius 3 is 2.57 bits per heavy atom. The third-order valence-corrected chi connectivity index (χ3v) is 3.44. The van der Waals surface area contributed by atoms with Crippen LogP contribution in [0.3, 0.4) is 0 Å². The molecule has 0 heterocycles. The molecule has 0 fully saturated rings. The molecule has 1 aromatic carbocycles. The molecule has 1 rings (SSSR count). The number of anilines is 1. The van der Waals surface area contributed by atoms with Gasteiger partial charge in [-0.3, -0.25) is 0 Å². The van der Waals surface area contributed by atoms with E-state index in [4.69, 9.17) is 10.6 Å². The second-order valence-electron chi connectivity index (χ2n) is 4.69. The fourth-order valence-electron chi connectivity index (χ4n) is 2.31. The maximum Gasteiger partial charge on any atom is 0.143 e. The zero-order chi connectivity index (χ0) is 15.7. The van der Waals surface area contributed by atoms with Crippen LogP contribution in [0.1, 0.15) is 39.2 Å². The van der Waals surface area contributed by atoms with Crippen molar-refractivity contribution < 1.29 is 4.74 Å². The van der Waals surface area contributed by atoms with Gasteiger partial charge in [0.05, 0.1) is 18.0 Å². The number of nitrogens with zero attached hydrogens (tertiary/aromatic N) is 2. The van der Waals surface area contributed by atoms with Crippen molar-refractivity contribution in [3.8, 4) is 5.75 Å². The standard InChI is InChI=1S/C17H27N3O/c1-5-9-10-15(19-18)14-11-12-16(20(6-2)7-3)17(13-14)21-8-4/h5,11-13H,1,6-10,18H2,2-4H3/b19-15+. The lowest BCUT2D eigenvalue weighted by Crippen LogP contribution is -2.22. The highest BCUT2D eigenvalue weighted by Crippen LogP contribution is 2.30. The van der Waals surface area contributed by atoms with Crippen LogP contribution in [0.4, 0.5) is 5.69 Å². The molecule has 0 bridgehead atoms. The molecule has 4 nitrogen and oxygen atoms in total. The van der Waals surface area contributed by atoms with Gasteiger partial charge in [-0.1, -0.05) is 12.1 Å². The van der Waals surface area contributed by atoms with Gasteiger partial charge in [-0.2, -0.15) is 5.10 Å². The molecule has 0 unspecified atom stereocenters. The first-order valence-corrected chi connectivity index (χ1v) is 7.61. The maximum atomic E-state index is 5.80. The summed E-state index contributed by atoms with van der Waals surface area (Å²) in [5.41, 5.74) is 3.01. The molecule has 0 aliphatic rings. The van der Waals surface area contributed by atoms with Gasteiger partial charge in [0.2, 0.25) is 0 Å². The van der Waals surface area contributed by atoms with Crippen molar-refractivity contribution in [1.82, 2.24) is 0 Å². The maximum absolute atomic E-state index is 5.80. The summed E-state index contributed by atoms with van der Waals surface area (Å²) in [6.45, 7) is 12.6. The fraction of sp³-hybridized carbons (Fsp3) is 0.471. The second kappa shape index (κ2) is 9.06. The SMILES string of the molecule is C=CCC/C(=N\N)c1ccc(N(CC)CC)c(OCC)c1. The third-order valence-electron chi connectivity index (χ3n) is 3.44.